The highest BCUT2D eigenvalue weighted by molar-refractivity contribution is 5.89. The van der Waals surface area contributed by atoms with Gasteiger partial charge in [-0.3, -0.25) is 9.59 Å². The number of carbonyl (C=O) groups is 4. The highest BCUT2D eigenvalue weighted by atomic mass is 16.5. The molecule has 4 aromatic rings. The molecule has 0 aromatic heterocycles. The van der Waals surface area contributed by atoms with Crippen LogP contribution >= 0.6 is 0 Å². The first kappa shape index (κ1) is 30.7. The molecule has 0 saturated carbocycles. The summed E-state index contributed by atoms with van der Waals surface area (Å²) in [6, 6.07) is 21.1. The largest absolute Gasteiger partial charge is 0.488 e. The van der Waals surface area contributed by atoms with Gasteiger partial charge in [-0.25, -0.2) is 9.59 Å². The summed E-state index contributed by atoms with van der Waals surface area (Å²) < 4.78 is 21.9. The Labute approximate surface area is 250 Å². The first-order valence-corrected chi connectivity index (χ1v) is 13.5. The van der Waals surface area contributed by atoms with Crippen molar-refractivity contribution < 1.29 is 38.1 Å². The summed E-state index contributed by atoms with van der Waals surface area (Å²) in [6.07, 6.45) is 1.85. The molecule has 4 rings (SSSR count). The fraction of sp³-hybridized carbons (Fsp3) is 0.200. The Morgan fingerprint density at radius 3 is 1.30 bits per heavy atom. The van der Waals surface area contributed by atoms with E-state index in [1.807, 2.05) is 26.0 Å². The van der Waals surface area contributed by atoms with Gasteiger partial charge in [0.25, 0.3) is 0 Å². The number of aldehydes is 2. The van der Waals surface area contributed by atoms with Crippen molar-refractivity contribution in [3.8, 4) is 11.5 Å². The van der Waals surface area contributed by atoms with Crippen LogP contribution in [0, 0.1) is 13.8 Å². The quantitative estimate of drug-likeness (QED) is 0.143. The number of methoxy groups -OCH3 is 2. The average molecular weight is 581 g/mol. The first-order valence-electron chi connectivity index (χ1n) is 13.5. The van der Waals surface area contributed by atoms with Crippen molar-refractivity contribution in [2.24, 2.45) is 0 Å². The van der Waals surface area contributed by atoms with Crippen LogP contribution in [0.25, 0.3) is 0 Å². The number of hydrogen-bond donors (Lipinski definition) is 0. The fourth-order valence-corrected chi connectivity index (χ4v) is 4.77. The molecule has 0 heterocycles. The number of benzene rings is 4. The van der Waals surface area contributed by atoms with Crippen LogP contribution in [0.15, 0.2) is 72.8 Å². The molecule has 8 heteroatoms. The molecular weight excluding hydrogens is 548 g/mol. The van der Waals surface area contributed by atoms with Crippen LogP contribution in [0.4, 0.5) is 0 Å². The topological polar surface area (TPSA) is 105 Å². The number of hydrogen-bond acceptors (Lipinski definition) is 8. The third-order valence-corrected chi connectivity index (χ3v) is 6.83. The number of carbonyl (C=O) groups excluding carboxylic acids is 4. The van der Waals surface area contributed by atoms with Gasteiger partial charge in [0.15, 0.2) is 12.6 Å². The Bertz CT molecular complexity index is 1510. The second-order valence-corrected chi connectivity index (χ2v) is 10.1. The first-order chi connectivity index (χ1) is 20.8. The Hall–Kier alpha value is -5.24. The van der Waals surface area contributed by atoms with Gasteiger partial charge in [-0.2, -0.15) is 0 Å². The van der Waals surface area contributed by atoms with Crippen molar-refractivity contribution >= 4 is 24.5 Å². The zero-order chi connectivity index (χ0) is 30.9. The lowest BCUT2D eigenvalue weighted by atomic mass is 9.95. The summed E-state index contributed by atoms with van der Waals surface area (Å²) in [5.41, 5.74) is 6.52. The van der Waals surface area contributed by atoms with Crippen molar-refractivity contribution in [2.75, 3.05) is 14.2 Å². The molecule has 0 amide bonds. The number of rotatable bonds is 12. The molecule has 0 N–H and O–H groups in total. The van der Waals surface area contributed by atoms with Gasteiger partial charge in [-0.05, 0) is 83.6 Å². The molecule has 0 atom stereocenters. The van der Waals surface area contributed by atoms with Crippen LogP contribution in [-0.2, 0) is 29.1 Å². The number of aryl methyl sites for hydroxylation is 2. The number of esters is 2. The van der Waals surface area contributed by atoms with Gasteiger partial charge in [0, 0.05) is 6.42 Å². The normalized spacial score (nSPS) is 10.5. The summed E-state index contributed by atoms with van der Waals surface area (Å²) in [4.78, 5) is 47.7. The molecule has 0 radical (unpaired) electrons. The molecule has 4 aromatic carbocycles. The SMILES string of the molecule is COC(=O)c1ccc(COc2c(C=O)cc(C)cc2Cc2cc(C)cc(C=O)c2OCc2ccc(C(=O)OC)cc2)cc1. The van der Waals surface area contributed by atoms with Crippen LogP contribution in [0.3, 0.4) is 0 Å². The minimum atomic E-state index is -0.430. The van der Waals surface area contributed by atoms with E-state index in [1.165, 1.54) is 14.2 Å². The van der Waals surface area contributed by atoms with E-state index < -0.39 is 11.9 Å². The van der Waals surface area contributed by atoms with Gasteiger partial charge in [0.1, 0.15) is 24.7 Å². The molecule has 0 aliphatic carbocycles. The summed E-state index contributed by atoms with van der Waals surface area (Å²) >= 11 is 0. The van der Waals surface area contributed by atoms with E-state index in [4.69, 9.17) is 18.9 Å². The third-order valence-electron chi connectivity index (χ3n) is 6.83. The molecule has 8 nitrogen and oxygen atoms in total. The van der Waals surface area contributed by atoms with E-state index in [0.29, 0.717) is 40.2 Å². The lowest BCUT2D eigenvalue weighted by Gasteiger charge is -2.19. The van der Waals surface area contributed by atoms with Crippen molar-refractivity contribution in [1.82, 2.24) is 0 Å². The maximum atomic E-state index is 12.1. The molecule has 220 valence electrons. The van der Waals surface area contributed by atoms with Crippen molar-refractivity contribution in [2.45, 2.75) is 33.5 Å². The van der Waals surface area contributed by atoms with E-state index in [9.17, 15) is 19.2 Å². The van der Waals surface area contributed by atoms with Crippen LogP contribution in [-0.4, -0.2) is 38.7 Å². The van der Waals surface area contributed by atoms with E-state index in [0.717, 1.165) is 46.0 Å². The molecule has 0 fully saturated rings. The van der Waals surface area contributed by atoms with Gasteiger partial charge in [-0.15, -0.1) is 0 Å². The summed E-state index contributed by atoms with van der Waals surface area (Å²) in [5.74, 6) is -0.00599. The maximum absolute atomic E-state index is 12.1. The molecule has 0 aliphatic rings. The maximum Gasteiger partial charge on any atom is 0.337 e. The number of ether oxygens (including phenoxy) is 4. The van der Waals surface area contributed by atoms with Crippen LogP contribution in [0.1, 0.15) is 74.8 Å². The van der Waals surface area contributed by atoms with Crippen LogP contribution in [0.2, 0.25) is 0 Å². The zero-order valence-electron chi connectivity index (χ0n) is 24.5. The van der Waals surface area contributed by atoms with Crippen LogP contribution in [0.5, 0.6) is 11.5 Å². The molecule has 0 saturated heterocycles. The molecule has 0 bridgehead atoms. The smallest absolute Gasteiger partial charge is 0.337 e. The van der Waals surface area contributed by atoms with E-state index in [2.05, 4.69) is 0 Å². The molecule has 43 heavy (non-hydrogen) atoms. The highest BCUT2D eigenvalue weighted by Gasteiger charge is 2.18. The predicted molar refractivity (Wildman–Crippen MR) is 160 cm³/mol. The van der Waals surface area contributed by atoms with Crippen molar-refractivity contribution in [1.29, 1.82) is 0 Å². The Balaban J connectivity index is 1.63. The van der Waals surface area contributed by atoms with E-state index in [-0.39, 0.29) is 13.2 Å². The minimum Gasteiger partial charge on any atom is -0.488 e. The van der Waals surface area contributed by atoms with Crippen molar-refractivity contribution in [3.05, 3.63) is 128 Å². The van der Waals surface area contributed by atoms with E-state index in [1.54, 1.807) is 60.7 Å². The van der Waals surface area contributed by atoms with Gasteiger partial charge in [0.05, 0.1) is 36.5 Å². The predicted octanol–water partition coefficient (Wildman–Crippen LogP) is 6.25. The average Bonchev–Trinajstić information content (AvgIpc) is 3.03. The van der Waals surface area contributed by atoms with Gasteiger partial charge < -0.3 is 18.9 Å². The molecular formula is C35H32O8. The Morgan fingerprint density at radius 2 is 0.977 bits per heavy atom. The summed E-state index contributed by atoms with van der Waals surface area (Å²) in [7, 11) is 2.65. The molecule has 0 aliphatic heterocycles. The van der Waals surface area contributed by atoms with Gasteiger partial charge in [-0.1, -0.05) is 36.4 Å². The molecule has 0 unspecified atom stereocenters. The van der Waals surface area contributed by atoms with Gasteiger partial charge in [0.2, 0.25) is 0 Å². The summed E-state index contributed by atoms with van der Waals surface area (Å²) in [5, 5.41) is 0. The summed E-state index contributed by atoms with van der Waals surface area (Å²) in [6.45, 7) is 4.12. The third kappa shape index (κ3) is 7.54. The minimum absolute atomic E-state index is 0.163. The Morgan fingerprint density at radius 1 is 0.605 bits per heavy atom. The Kier molecular flexibility index (Phi) is 10.1. The highest BCUT2D eigenvalue weighted by Crippen LogP contribution is 2.33. The van der Waals surface area contributed by atoms with E-state index >= 15 is 0 Å². The molecule has 0 spiro atoms. The second kappa shape index (κ2) is 14.1. The van der Waals surface area contributed by atoms with Crippen LogP contribution < -0.4 is 9.47 Å². The fourth-order valence-electron chi connectivity index (χ4n) is 4.77. The van der Waals surface area contributed by atoms with Gasteiger partial charge >= 0.3 is 11.9 Å². The standard InChI is InChI=1S/C35H32O8/c1-22-13-28(32(30(15-22)18-36)42-20-24-5-9-26(10-6-24)34(38)40-3)17-29-14-23(2)16-31(19-37)33(29)43-21-25-7-11-27(12-8-25)35(39)41-4/h5-16,18-19H,17,20-21H2,1-4H3. The second-order valence-electron chi connectivity index (χ2n) is 10.1. The monoisotopic (exact) mass is 580 g/mol. The lowest BCUT2D eigenvalue weighted by Crippen LogP contribution is -2.07. The zero-order valence-corrected chi connectivity index (χ0v) is 24.5. The van der Waals surface area contributed by atoms with Crippen molar-refractivity contribution in [3.63, 3.8) is 0 Å². The lowest BCUT2D eigenvalue weighted by molar-refractivity contribution is 0.0592.